The van der Waals surface area contributed by atoms with Crippen molar-refractivity contribution in [1.29, 1.82) is 0 Å². The second-order valence-electron chi connectivity index (χ2n) is 4.61. The van der Waals surface area contributed by atoms with Gasteiger partial charge in [0, 0.05) is 18.5 Å². The number of hydrogen-bond donors (Lipinski definition) is 2. The Labute approximate surface area is 123 Å². The van der Waals surface area contributed by atoms with Crippen molar-refractivity contribution in [3.63, 3.8) is 0 Å². The number of aliphatic hydroxyl groups excluding tert-OH is 1. The van der Waals surface area contributed by atoms with E-state index in [1.807, 2.05) is 36.4 Å². The first-order valence-corrected chi connectivity index (χ1v) is 6.71. The molecule has 0 radical (unpaired) electrons. The third-order valence-electron chi connectivity index (χ3n) is 3.00. The van der Waals surface area contributed by atoms with Gasteiger partial charge < -0.3 is 10.4 Å². The van der Waals surface area contributed by atoms with Crippen LogP contribution in [0.2, 0.25) is 5.02 Å². The van der Waals surface area contributed by atoms with Crippen molar-refractivity contribution in [2.75, 3.05) is 0 Å². The molecule has 1 atom stereocenters. The molecule has 0 heterocycles. The highest BCUT2D eigenvalue weighted by Crippen LogP contribution is 2.24. The molecule has 104 valence electrons. The zero-order valence-electron chi connectivity index (χ0n) is 11.1. The Morgan fingerprint density at radius 2 is 1.90 bits per heavy atom. The highest BCUT2D eigenvalue weighted by molar-refractivity contribution is 6.30. The van der Waals surface area contributed by atoms with E-state index in [9.17, 15) is 9.90 Å². The monoisotopic (exact) mass is 289 g/mol. The van der Waals surface area contributed by atoms with E-state index in [2.05, 4.69) is 5.32 Å². The van der Waals surface area contributed by atoms with Gasteiger partial charge in [0.2, 0.25) is 5.91 Å². The van der Waals surface area contributed by atoms with E-state index in [-0.39, 0.29) is 5.91 Å². The van der Waals surface area contributed by atoms with Crippen LogP contribution in [0.3, 0.4) is 0 Å². The van der Waals surface area contributed by atoms with Gasteiger partial charge in [-0.1, -0.05) is 48.0 Å². The van der Waals surface area contributed by atoms with Gasteiger partial charge in [0.05, 0.1) is 0 Å². The summed E-state index contributed by atoms with van der Waals surface area (Å²) in [5.41, 5.74) is 2.54. The predicted octanol–water partition coefficient (Wildman–Crippen LogP) is 3.06. The molecule has 1 unspecified atom stereocenters. The third kappa shape index (κ3) is 3.83. The smallest absolute Gasteiger partial charge is 0.217 e. The molecule has 3 nitrogen and oxygen atoms in total. The highest BCUT2D eigenvalue weighted by atomic mass is 35.5. The first-order chi connectivity index (χ1) is 9.56. The van der Waals surface area contributed by atoms with Crippen LogP contribution in [0, 0.1) is 0 Å². The molecule has 2 rings (SSSR count). The van der Waals surface area contributed by atoms with Crippen LogP contribution in [-0.2, 0) is 11.3 Å². The van der Waals surface area contributed by atoms with Crippen LogP contribution in [0.4, 0.5) is 0 Å². The van der Waals surface area contributed by atoms with Gasteiger partial charge in [0.15, 0.2) is 0 Å². The lowest BCUT2D eigenvalue weighted by atomic mass is 10.0. The Bertz CT molecular complexity index is 596. The molecule has 0 aromatic heterocycles. The van der Waals surface area contributed by atoms with Crippen LogP contribution in [0.25, 0.3) is 0 Å². The van der Waals surface area contributed by atoms with E-state index in [1.54, 1.807) is 12.1 Å². The van der Waals surface area contributed by atoms with Gasteiger partial charge in [-0.15, -0.1) is 0 Å². The van der Waals surface area contributed by atoms with E-state index in [0.29, 0.717) is 11.6 Å². The third-order valence-corrected chi connectivity index (χ3v) is 3.24. The second kappa shape index (κ2) is 6.55. The maximum atomic E-state index is 10.8. The Morgan fingerprint density at radius 3 is 2.50 bits per heavy atom. The normalized spacial score (nSPS) is 11.9. The molecule has 0 saturated heterocycles. The largest absolute Gasteiger partial charge is 0.384 e. The lowest BCUT2D eigenvalue weighted by Crippen LogP contribution is -2.18. The van der Waals surface area contributed by atoms with Gasteiger partial charge in [-0.05, 0) is 28.8 Å². The standard InChI is InChI=1S/C16H16ClNO2/c1-11(19)18-10-12-5-7-13(8-6-12)16(20)14-3-2-4-15(17)9-14/h2-9,16,20H,10H2,1H3,(H,18,19). The number of hydrogen-bond acceptors (Lipinski definition) is 2. The van der Waals surface area contributed by atoms with Gasteiger partial charge in [-0.3, -0.25) is 4.79 Å². The molecule has 0 aliphatic rings. The van der Waals surface area contributed by atoms with E-state index < -0.39 is 6.10 Å². The van der Waals surface area contributed by atoms with E-state index in [0.717, 1.165) is 16.7 Å². The number of aliphatic hydroxyl groups is 1. The molecule has 0 aliphatic carbocycles. The summed E-state index contributed by atoms with van der Waals surface area (Å²) in [6.07, 6.45) is -0.705. The lowest BCUT2D eigenvalue weighted by molar-refractivity contribution is -0.119. The molecule has 0 spiro atoms. The van der Waals surface area contributed by atoms with Crippen LogP contribution in [0.15, 0.2) is 48.5 Å². The molecular weight excluding hydrogens is 274 g/mol. The van der Waals surface area contributed by atoms with Gasteiger partial charge in [-0.25, -0.2) is 0 Å². The molecule has 2 aromatic rings. The number of halogens is 1. The molecule has 0 aliphatic heterocycles. The minimum atomic E-state index is -0.705. The summed E-state index contributed by atoms with van der Waals surface area (Å²) in [5.74, 6) is -0.0620. The lowest BCUT2D eigenvalue weighted by Gasteiger charge is -2.12. The summed E-state index contributed by atoms with van der Waals surface area (Å²) in [4.78, 5) is 10.8. The van der Waals surface area contributed by atoms with Crippen LogP contribution < -0.4 is 5.32 Å². The maximum Gasteiger partial charge on any atom is 0.217 e. The quantitative estimate of drug-likeness (QED) is 0.909. The zero-order chi connectivity index (χ0) is 14.5. The number of amides is 1. The first kappa shape index (κ1) is 14.6. The number of carbonyl (C=O) groups is 1. The second-order valence-corrected chi connectivity index (χ2v) is 5.05. The van der Waals surface area contributed by atoms with Crippen LogP contribution in [-0.4, -0.2) is 11.0 Å². The average Bonchev–Trinajstić information content (AvgIpc) is 2.45. The predicted molar refractivity (Wildman–Crippen MR) is 79.5 cm³/mol. The Hall–Kier alpha value is -1.84. The molecule has 0 fully saturated rings. The van der Waals surface area contributed by atoms with Crippen molar-refractivity contribution < 1.29 is 9.90 Å². The number of benzene rings is 2. The van der Waals surface area contributed by atoms with Gasteiger partial charge >= 0.3 is 0 Å². The SMILES string of the molecule is CC(=O)NCc1ccc(C(O)c2cccc(Cl)c2)cc1. The summed E-state index contributed by atoms with van der Waals surface area (Å²) in [6.45, 7) is 1.97. The summed E-state index contributed by atoms with van der Waals surface area (Å²) < 4.78 is 0. The minimum absolute atomic E-state index is 0.0620. The van der Waals surface area contributed by atoms with Crippen LogP contribution >= 0.6 is 11.6 Å². The Kier molecular flexibility index (Phi) is 4.77. The number of rotatable bonds is 4. The zero-order valence-corrected chi connectivity index (χ0v) is 11.9. The molecule has 0 bridgehead atoms. The first-order valence-electron chi connectivity index (χ1n) is 6.33. The minimum Gasteiger partial charge on any atom is -0.384 e. The molecule has 4 heteroatoms. The van der Waals surface area contributed by atoms with Crippen molar-refractivity contribution in [2.45, 2.75) is 19.6 Å². The average molecular weight is 290 g/mol. The Morgan fingerprint density at radius 1 is 1.20 bits per heavy atom. The van der Waals surface area contributed by atoms with Crippen molar-refractivity contribution in [3.8, 4) is 0 Å². The fourth-order valence-corrected chi connectivity index (χ4v) is 2.11. The Balaban J connectivity index is 2.11. The summed E-state index contributed by atoms with van der Waals surface area (Å²) in [6, 6.07) is 14.6. The van der Waals surface area contributed by atoms with Gasteiger partial charge in [-0.2, -0.15) is 0 Å². The highest BCUT2D eigenvalue weighted by Gasteiger charge is 2.10. The summed E-state index contributed by atoms with van der Waals surface area (Å²) in [7, 11) is 0. The number of nitrogens with one attached hydrogen (secondary N) is 1. The molecule has 0 saturated carbocycles. The molecule has 2 aromatic carbocycles. The fraction of sp³-hybridized carbons (Fsp3) is 0.188. The maximum absolute atomic E-state index is 10.8. The molecule has 20 heavy (non-hydrogen) atoms. The van der Waals surface area contributed by atoms with E-state index >= 15 is 0 Å². The van der Waals surface area contributed by atoms with E-state index in [4.69, 9.17) is 11.6 Å². The van der Waals surface area contributed by atoms with Gasteiger partial charge in [0.1, 0.15) is 6.10 Å². The van der Waals surface area contributed by atoms with E-state index in [1.165, 1.54) is 6.92 Å². The van der Waals surface area contributed by atoms with Crippen molar-refractivity contribution in [1.82, 2.24) is 5.32 Å². The van der Waals surface area contributed by atoms with Crippen molar-refractivity contribution >= 4 is 17.5 Å². The topological polar surface area (TPSA) is 49.3 Å². The van der Waals surface area contributed by atoms with Crippen LogP contribution in [0.5, 0.6) is 0 Å². The molecule has 2 N–H and O–H groups in total. The van der Waals surface area contributed by atoms with Gasteiger partial charge in [0.25, 0.3) is 0 Å². The molecular formula is C16H16ClNO2. The van der Waals surface area contributed by atoms with Crippen molar-refractivity contribution in [3.05, 3.63) is 70.2 Å². The summed E-state index contributed by atoms with van der Waals surface area (Å²) >= 11 is 5.92. The molecule has 1 amide bonds. The summed E-state index contributed by atoms with van der Waals surface area (Å²) in [5, 5.41) is 13.6. The fourth-order valence-electron chi connectivity index (χ4n) is 1.91. The van der Waals surface area contributed by atoms with Crippen LogP contribution in [0.1, 0.15) is 29.7 Å². The number of carbonyl (C=O) groups excluding carboxylic acids is 1. The van der Waals surface area contributed by atoms with Crippen molar-refractivity contribution in [2.24, 2.45) is 0 Å².